The van der Waals surface area contributed by atoms with Crippen molar-refractivity contribution in [1.82, 2.24) is 4.90 Å². The predicted octanol–water partition coefficient (Wildman–Crippen LogP) is 3.50. The molecule has 0 fully saturated rings. The van der Waals surface area contributed by atoms with Gasteiger partial charge in [0.1, 0.15) is 0 Å². The first-order valence-corrected chi connectivity index (χ1v) is 7.34. The van der Waals surface area contributed by atoms with Gasteiger partial charge in [-0.3, -0.25) is 4.79 Å². The molecule has 0 N–H and O–H groups in total. The van der Waals surface area contributed by atoms with Crippen molar-refractivity contribution in [2.75, 3.05) is 13.1 Å². The molecule has 1 atom stereocenters. The fourth-order valence-corrected chi connectivity index (χ4v) is 3.39. The lowest BCUT2D eigenvalue weighted by molar-refractivity contribution is -0.125. The molecule has 2 heteroatoms. The van der Waals surface area contributed by atoms with Crippen molar-refractivity contribution in [3.63, 3.8) is 0 Å². The number of hydrogen-bond acceptors (Lipinski definition) is 1. The zero-order chi connectivity index (χ0) is 13.2. The fraction of sp³-hybridized carbons (Fsp3) is 0.471. The van der Waals surface area contributed by atoms with Gasteiger partial charge in [0.25, 0.3) is 0 Å². The van der Waals surface area contributed by atoms with Crippen LogP contribution in [0.15, 0.2) is 41.5 Å². The third kappa shape index (κ3) is 2.32. The maximum atomic E-state index is 12.2. The molecule has 0 saturated carbocycles. The van der Waals surface area contributed by atoms with E-state index in [1.54, 1.807) is 0 Å². The zero-order valence-corrected chi connectivity index (χ0v) is 11.6. The molecule has 1 aromatic rings. The van der Waals surface area contributed by atoms with Gasteiger partial charge in [0.15, 0.2) is 0 Å². The summed E-state index contributed by atoms with van der Waals surface area (Å²) >= 11 is 0. The van der Waals surface area contributed by atoms with Crippen LogP contribution in [0.3, 0.4) is 0 Å². The molecule has 1 amide bonds. The van der Waals surface area contributed by atoms with Crippen LogP contribution < -0.4 is 0 Å². The average molecular weight is 255 g/mol. The number of rotatable bonds is 3. The second kappa shape index (κ2) is 5.20. The van der Waals surface area contributed by atoms with Gasteiger partial charge in [-0.2, -0.15) is 0 Å². The summed E-state index contributed by atoms with van der Waals surface area (Å²) in [6.07, 6.45) is 4.21. The van der Waals surface area contributed by atoms with Crippen molar-refractivity contribution < 1.29 is 4.79 Å². The molecule has 0 saturated heterocycles. The Morgan fingerprint density at radius 2 is 2.05 bits per heavy atom. The summed E-state index contributed by atoms with van der Waals surface area (Å²) in [5, 5.41) is 0. The first-order chi connectivity index (χ1) is 9.29. The molecule has 0 spiro atoms. The Morgan fingerprint density at radius 1 is 1.26 bits per heavy atom. The Bertz CT molecular complexity index is 503. The number of hydrogen-bond donors (Lipinski definition) is 0. The predicted molar refractivity (Wildman–Crippen MR) is 76.9 cm³/mol. The van der Waals surface area contributed by atoms with Gasteiger partial charge < -0.3 is 4.90 Å². The van der Waals surface area contributed by atoms with Crippen molar-refractivity contribution in [3.05, 3.63) is 47.0 Å². The Kier molecular flexibility index (Phi) is 3.41. The topological polar surface area (TPSA) is 20.3 Å². The Hall–Kier alpha value is -1.57. The number of nitrogens with zero attached hydrogens (tertiary/aromatic N) is 1. The van der Waals surface area contributed by atoms with Crippen molar-refractivity contribution in [3.8, 4) is 0 Å². The summed E-state index contributed by atoms with van der Waals surface area (Å²) in [4.78, 5) is 14.3. The second-order valence-corrected chi connectivity index (χ2v) is 5.66. The molecule has 1 aliphatic heterocycles. The number of benzene rings is 1. The number of carbonyl (C=O) groups excluding carboxylic acids is 1. The lowest BCUT2D eigenvalue weighted by Gasteiger charge is -2.23. The van der Waals surface area contributed by atoms with Crippen LogP contribution in [0.2, 0.25) is 0 Å². The van der Waals surface area contributed by atoms with Gasteiger partial charge in [-0.15, -0.1) is 0 Å². The minimum Gasteiger partial charge on any atom is -0.335 e. The molecule has 19 heavy (non-hydrogen) atoms. The van der Waals surface area contributed by atoms with Crippen LogP contribution in [0.5, 0.6) is 0 Å². The van der Waals surface area contributed by atoms with E-state index in [9.17, 15) is 4.79 Å². The van der Waals surface area contributed by atoms with Crippen molar-refractivity contribution in [2.45, 2.75) is 38.5 Å². The lowest BCUT2D eigenvalue weighted by atomic mass is 9.81. The summed E-state index contributed by atoms with van der Waals surface area (Å²) in [6.45, 7) is 3.92. The molecule has 1 aromatic carbocycles. The first kappa shape index (κ1) is 12.5. The summed E-state index contributed by atoms with van der Waals surface area (Å²) in [5.74, 6) is 0.915. The van der Waals surface area contributed by atoms with E-state index in [-0.39, 0.29) is 0 Å². The normalized spacial score (nSPS) is 22.9. The van der Waals surface area contributed by atoms with Crippen LogP contribution in [0, 0.1) is 0 Å². The van der Waals surface area contributed by atoms with Crippen LogP contribution in [0.1, 0.15) is 44.1 Å². The van der Waals surface area contributed by atoms with E-state index in [4.69, 9.17) is 0 Å². The van der Waals surface area contributed by atoms with E-state index in [1.807, 2.05) is 4.90 Å². The van der Waals surface area contributed by atoms with Crippen LogP contribution in [0.4, 0.5) is 0 Å². The second-order valence-electron chi connectivity index (χ2n) is 5.66. The van der Waals surface area contributed by atoms with E-state index in [1.165, 1.54) is 11.1 Å². The fourth-order valence-electron chi connectivity index (χ4n) is 3.39. The monoisotopic (exact) mass is 255 g/mol. The van der Waals surface area contributed by atoms with Crippen LogP contribution in [-0.2, 0) is 4.79 Å². The minimum absolute atomic E-state index is 0.309. The highest BCUT2D eigenvalue weighted by molar-refractivity contribution is 5.97. The van der Waals surface area contributed by atoms with E-state index in [2.05, 4.69) is 37.3 Å². The Balaban J connectivity index is 1.76. The highest BCUT2D eigenvalue weighted by Crippen LogP contribution is 2.39. The highest BCUT2D eigenvalue weighted by atomic mass is 16.2. The van der Waals surface area contributed by atoms with E-state index >= 15 is 0 Å². The Labute approximate surface area is 115 Å². The largest absolute Gasteiger partial charge is 0.335 e. The average Bonchev–Trinajstić information content (AvgIpc) is 2.76. The summed E-state index contributed by atoms with van der Waals surface area (Å²) in [7, 11) is 0. The molecule has 100 valence electrons. The molecule has 2 nitrogen and oxygen atoms in total. The Morgan fingerprint density at radius 3 is 2.79 bits per heavy atom. The summed E-state index contributed by atoms with van der Waals surface area (Å²) in [6, 6.07) is 10.7. The van der Waals surface area contributed by atoms with Crippen LogP contribution in [-0.4, -0.2) is 23.9 Å². The SMILES string of the molecule is CCCN1CC2=C(CC[C@@H](c3ccccc3)C2)C1=O. The molecule has 2 aliphatic rings. The molecule has 3 rings (SSSR count). The van der Waals surface area contributed by atoms with Crippen molar-refractivity contribution in [1.29, 1.82) is 0 Å². The van der Waals surface area contributed by atoms with Gasteiger partial charge in [-0.25, -0.2) is 0 Å². The molecule has 0 bridgehead atoms. The summed E-state index contributed by atoms with van der Waals surface area (Å²) < 4.78 is 0. The smallest absolute Gasteiger partial charge is 0.250 e. The van der Waals surface area contributed by atoms with Crippen molar-refractivity contribution >= 4 is 5.91 Å². The molecule has 0 radical (unpaired) electrons. The highest BCUT2D eigenvalue weighted by Gasteiger charge is 2.34. The van der Waals surface area contributed by atoms with E-state index in [0.717, 1.165) is 44.3 Å². The number of carbonyl (C=O) groups is 1. The zero-order valence-electron chi connectivity index (χ0n) is 11.6. The molecule has 0 unspecified atom stereocenters. The van der Waals surface area contributed by atoms with Gasteiger partial charge in [-0.05, 0) is 42.7 Å². The van der Waals surface area contributed by atoms with Crippen LogP contribution >= 0.6 is 0 Å². The molecular formula is C17H21NO. The van der Waals surface area contributed by atoms with Gasteiger partial charge in [0, 0.05) is 18.7 Å². The molecule has 0 aromatic heterocycles. The molecule has 1 heterocycles. The van der Waals surface area contributed by atoms with Crippen molar-refractivity contribution in [2.24, 2.45) is 0 Å². The quantitative estimate of drug-likeness (QED) is 0.809. The molecular weight excluding hydrogens is 234 g/mol. The van der Waals surface area contributed by atoms with Gasteiger partial charge in [-0.1, -0.05) is 37.3 Å². The van der Waals surface area contributed by atoms with Gasteiger partial charge in [0.05, 0.1) is 0 Å². The maximum absolute atomic E-state index is 12.2. The standard InChI is InChI=1S/C17H21NO/c1-2-10-18-12-15-11-14(8-9-16(15)17(18)19)13-6-4-3-5-7-13/h3-7,14H,2,8-12H2,1H3/t14-/m1/s1. The van der Waals surface area contributed by atoms with E-state index in [0.29, 0.717) is 11.8 Å². The third-order valence-corrected chi connectivity index (χ3v) is 4.35. The number of amides is 1. The maximum Gasteiger partial charge on any atom is 0.250 e. The van der Waals surface area contributed by atoms with E-state index < -0.39 is 0 Å². The van der Waals surface area contributed by atoms with Gasteiger partial charge in [0.2, 0.25) is 5.91 Å². The van der Waals surface area contributed by atoms with Gasteiger partial charge >= 0.3 is 0 Å². The minimum atomic E-state index is 0.309. The first-order valence-electron chi connectivity index (χ1n) is 7.34. The third-order valence-electron chi connectivity index (χ3n) is 4.35. The summed E-state index contributed by atoms with van der Waals surface area (Å²) in [5.41, 5.74) is 3.95. The lowest BCUT2D eigenvalue weighted by Crippen LogP contribution is -2.27. The van der Waals surface area contributed by atoms with Crippen LogP contribution in [0.25, 0.3) is 0 Å². The molecule has 1 aliphatic carbocycles.